The Kier molecular flexibility index (Phi) is 4.99. The van der Waals surface area contributed by atoms with Gasteiger partial charge in [-0.05, 0) is 0 Å². The van der Waals surface area contributed by atoms with Crippen LogP contribution in [0.4, 0.5) is 43.9 Å². The van der Waals surface area contributed by atoms with Crippen molar-refractivity contribution in [2.75, 3.05) is 0 Å². The third kappa shape index (κ3) is 3.07. The summed E-state index contributed by atoms with van der Waals surface area (Å²) in [6, 6.07) is 0. The molecule has 0 heterocycles. The monoisotopic (exact) mass is 336 g/mol. The summed E-state index contributed by atoms with van der Waals surface area (Å²) < 4.78 is 125. The fourth-order valence-corrected chi connectivity index (χ4v) is 1.03. The normalized spacial score (nSPS) is 14.4. The fourth-order valence-electron chi connectivity index (χ4n) is 1.03. The molecule has 0 aliphatic heterocycles. The van der Waals surface area contributed by atoms with Crippen LogP contribution in [-0.2, 0) is 4.79 Å². The van der Waals surface area contributed by atoms with E-state index in [1.54, 1.807) is 0 Å². The van der Waals surface area contributed by atoms with Crippen molar-refractivity contribution in [1.29, 1.82) is 0 Å². The molecule has 0 atom stereocenters. The highest BCUT2D eigenvalue weighted by Crippen LogP contribution is 2.55. The molecule has 0 saturated heterocycles. The van der Waals surface area contributed by atoms with E-state index in [0.29, 0.717) is 0 Å². The van der Waals surface area contributed by atoms with Crippen molar-refractivity contribution >= 4 is 5.97 Å². The average molecular weight is 336 g/mol. The van der Waals surface area contributed by atoms with Crippen LogP contribution in [0, 0.1) is 0 Å². The number of hydrogen-bond acceptors (Lipinski definition) is 1. The number of hydrogen-bond donors (Lipinski definition) is 1. The molecule has 0 fully saturated rings. The summed E-state index contributed by atoms with van der Waals surface area (Å²) in [4.78, 5) is 10.1. The third-order valence-electron chi connectivity index (χ3n) is 2.28. The Morgan fingerprint density at radius 2 is 1.33 bits per heavy atom. The van der Waals surface area contributed by atoms with E-state index < -0.39 is 48.1 Å². The maximum absolute atomic E-state index is 13.0. The van der Waals surface area contributed by atoms with Gasteiger partial charge in [0.15, 0.2) is 0 Å². The summed E-state index contributed by atoms with van der Waals surface area (Å²) in [6.45, 7) is 2.34. The molecule has 12 heteroatoms. The number of carboxylic acid groups (broad SMARTS) is 1. The predicted octanol–water partition coefficient (Wildman–Crippen LogP) is 3.82. The topological polar surface area (TPSA) is 37.3 Å². The number of carbonyl (C=O) groups is 1. The van der Waals surface area contributed by atoms with E-state index in [9.17, 15) is 48.7 Å². The van der Waals surface area contributed by atoms with Crippen molar-refractivity contribution in [1.82, 2.24) is 0 Å². The summed E-state index contributed by atoms with van der Waals surface area (Å²) in [5, 5.41) is 8.13. The van der Waals surface area contributed by atoms with Crippen LogP contribution in [0.1, 0.15) is 6.42 Å². The molecule has 2 nitrogen and oxygen atoms in total. The summed E-state index contributed by atoms with van der Waals surface area (Å²) in [5.41, 5.74) is -1.70. The Hall–Kier alpha value is -1.49. The maximum Gasteiger partial charge on any atom is 0.384 e. The molecule has 0 amide bonds. The lowest BCUT2D eigenvalue weighted by molar-refractivity contribution is -0.383. The molecule has 124 valence electrons. The zero-order valence-corrected chi connectivity index (χ0v) is 9.63. The first-order valence-electron chi connectivity index (χ1n) is 4.73. The molecule has 0 aromatic rings. The zero-order valence-electron chi connectivity index (χ0n) is 9.63. The molecule has 0 unspecified atom stereocenters. The van der Waals surface area contributed by atoms with Crippen LogP contribution in [0.5, 0.6) is 0 Å². The Labute approximate surface area is 110 Å². The van der Waals surface area contributed by atoms with Gasteiger partial charge in [-0.15, -0.1) is 0 Å². The van der Waals surface area contributed by atoms with Crippen molar-refractivity contribution in [2.45, 2.75) is 36.5 Å². The molecule has 0 radical (unpaired) electrons. The Morgan fingerprint density at radius 1 is 0.952 bits per heavy atom. The number of aliphatic carboxylic acids is 1. The lowest BCUT2D eigenvalue weighted by Crippen LogP contribution is -2.64. The zero-order chi connectivity index (χ0) is 17.4. The number of alkyl halides is 10. The van der Waals surface area contributed by atoms with Gasteiger partial charge in [0, 0.05) is 12.0 Å². The molecule has 0 rings (SSSR count). The highest BCUT2D eigenvalue weighted by Gasteiger charge is 2.82. The SMILES string of the molecule is C=C(CC(F)(F)C(F)(F)C(F)(F)C(F)(F)C(F)F)C(=O)O. The summed E-state index contributed by atoms with van der Waals surface area (Å²) >= 11 is 0. The standard InChI is InChI=1S/C9H6F10O2/c1-3(4(20)21)2-6(12,13)8(16,17)9(18,19)7(14,15)5(10)11/h5H,1-2H2,(H,20,21). The first kappa shape index (κ1) is 19.5. The van der Waals surface area contributed by atoms with Crippen LogP contribution in [0.25, 0.3) is 0 Å². The van der Waals surface area contributed by atoms with Gasteiger partial charge in [-0.1, -0.05) is 6.58 Å². The Balaban J connectivity index is 5.73. The quantitative estimate of drug-likeness (QED) is 0.567. The Bertz CT molecular complexity index is 428. The van der Waals surface area contributed by atoms with Crippen LogP contribution in [0.3, 0.4) is 0 Å². The Morgan fingerprint density at radius 3 is 1.62 bits per heavy atom. The first-order valence-corrected chi connectivity index (χ1v) is 4.73. The maximum atomic E-state index is 13.0. The molecule has 0 bridgehead atoms. The minimum atomic E-state index is -7.13. The van der Waals surface area contributed by atoms with Crippen molar-refractivity contribution in [3.8, 4) is 0 Å². The smallest absolute Gasteiger partial charge is 0.384 e. The average Bonchev–Trinajstić information content (AvgIpc) is 2.26. The van der Waals surface area contributed by atoms with Gasteiger partial charge >= 0.3 is 36.1 Å². The molecular formula is C9H6F10O2. The van der Waals surface area contributed by atoms with Gasteiger partial charge in [0.1, 0.15) is 0 Å². The van der Waals surface area contributed by atoms with E-state index in [1.165, 1.54) is 0 Å². The van der Waals surface area contributed by atoms with Crippen LogP contribution < -0.4 is 0 Å². The van der Waals surface area contributed by atoms with Crippen LogP contribution in [0.2, 0.25) is 0 Å². The molecule has 0 saturated carbocycles. The van der Waals surface area contributed by atoms with Gasteiger partial charge in [-0.3, -0.25) is 0 Å². The van der Waals surface area contributed by atoms with Gasteiger partial charge < -0.3 is 5.11 Å². The third-order valence-corrected chi connectivity index (χ3v) is 2.28. The molecule has 0 aliphatic carbocycles. The largest absolute Gasteiger partial charge is 0.478 e. The fraction of sp³-hybridized carbons (Fsp3) is 0.667. The van der Waals surface area contributed by atoms with E-state index in [2.05, 4.69) is 6.58 Å². The molecule has 0 aliphatic rings. The molecule has 0 aromatic heterocycles. The predicted molar refractivity (Wildman–Crippen MR) is 47.2 cm³/mol. The number of halogens is 10. The van der Waals surface area contributed by atoms with Crippen LogP contribution in [0.15, 0.2) is 12.2 Å². The van der Waals surface area contributed by atoms with Crippen molar-refractivity contribution in [3.05, 3.63) is 12.2 Å². The van der Waals surface area contributed by atoms with Crippen LogP contribution in [-0.4, -0.2) is 41.2 Å². The highest BCUT2D eigenvalue weighted by molar-refractivity contribution is 5.85. The van der Waals surface area contributed by atoms with Gasteiger partial charge in [-0.25, -0.2) is 13.6 Å². The van der Waals surface area contributed by atoms with Crippen molar-refractivity contribution in [3.63, 3.8) is 0 Å². The highest BCUT2D eigenvalue weighted by atomic mass is 19.4. The minimum absolute atomic E-state index is 1.70. The lowest BCUT2D eigenvalue weighted by Gasteiger charge is -2.36. The first-order chi connectivity index (χ1) is 9.02. The second kappa shape index (κ2) is 5.37. The minimum Gasteiger partial charge on any atom is -0.478 e. The van der Waals surface area contributed by atoms with E-state index >= 15 is 0 Å². The second-order valence-electron chi connectivity index (χ2n) is 3.86. The van der Waals surface area contributed by atoms with Gasteiger partial charge in [0.25, 0.3) is 0 Å². The van der Waals surface area contributed by atoms with E-state index in [-0.39, 0.29) is 0 Å². The summed E-state index contributed by atoms with van der Waals surface area (Å²) in [5.74, 6) is -29.2. The molecule has 0 aromatic carbocycles. The van der Waals surface area contributed by atoms with Gasteiger partial charge in [0.2, 0.25) is 0 Å². The number of rotatable bonds is 7. The lowest BCUT2D eigenvalue weighted by atomic mass is 9.94. The molecule has 21 heavy (non-hydrogen) atoms. The van der Waals surface area contributed by atoms with E-state index in [0.717, 1.165) is 0 Å². The number of carboxylic acids is 1. The molecular weight excluding hydrogens is 330 g/mol. The van der Waals surface area contributed by atoms with E-state index in [4.69, 9.17) is 5.11 Å². The summed E-state index contributed by atoms with van der Waals surface area (Å²) in [7, 11) is 0. The van der Waals surface area contributed by atoms with Gasteiger partial charge in [0.05, 0.1) is 0 Å². The van der Waals surface area contributed by atoms with Crippen molar-refractivity contribution < 1.29 is 53.8 Å². The molecule has 0 spiro atoms. The second-order valence-corrected chi connectivity index (χ2v) is 3.86. The molecule has 1 N–H and O–H groups in total. The summed E-state index contributed by atoms with van der Waals surface area (Å²) in [6.07, 6.45) is -7.98. The van der Waals surface area contributed by atoms with Gasteiger partial charge in [-0.2, -0.15) is 35.1 Å². The van der Waals surface area contributed by atoms with Crippen LogP contribution >= 0.6 is 0 Å². The van der Waals surface area contributed by atoms with E-state index in [1.807, 2.05) is 0 Å². The van der Waals surface area contributed by atoms with Crippen molar-refractivity contribution in [2.24, 2.45) is 0 Å².